The second-order valence-electron chi connectivity index (χ2n) is 2.84. The Kier molecular flexibility index (Phi) is 6.42. The second kappa shape index (κ2) is 6.80. The van der Waals surface area contributed by atoms with Gasteiger partial charge < -0.3 is 4.74 Å². The van der Waals surface area contributed by atoms with E-state index in [2.05, 4.69) is 19.8 Å². The molecule has 0 aromatic carbocycles. The van der Waals surface area contributed by atoms with Crippen LogP contribution in [0.5, 0.6) is 0 Å². The fourth-order valence-corrected chi connectivity index (χ4v) is 2.08. The van der Waals surface area contributed by atoms with Gasteiger partial charge in [-0.1, -0.05) is 6.58 Å². The lowest BCUT2D eigenvalue weighted by molar-refractivity contribution is -0.138. The van der Waals surface area contributed by atoms with Gasteiger partial charge in [-0.2, -0.15) is 21.1 Å². The van der Waals surface area contributed by atoms with Crippen molar-refractivity contribution < 1.29 is 34.8 Å². The highest BCUT2D eigenvalue weighted by molar-refractivity contribution is 7.87. The van der Waals surface area contributed by atoms with E-state index < -0.39 is 33.0 Å². The summed E-state index contributed by atoms with van der Waals surface area (Å²) in [6.45, 7) is 2.30. The van der Waals surface area contributed by atoms with Crippen LogP contribution in [0, 0.1) is 0 Å². The molecule has 11 heteroatoms. The molecule has 0 fully saturated rings. The Morgan fingerprint density at radius 2 is 1.83 bits per heavy atom. The summed E-state index contributed by atoms with van der Waals surface area (Å²) in [5, 5.41) is 0. The zero-order valence-electron chi connectivity index (χ0n) is 9.73. The van der Waals surface area contributed by atoms with Crippen LogP contribution in [0.15, 0.2) is 12.7 Å². The van der Waals surface area contributed by atoms with Crippen LogP contribution in [0.1, 0.15) is 0 Å². The molecule has 0 aliphatic rings. The molecule has 0 aromatic heterocycles. The molecule has 9 nitrogen and oxygen atoms in total. The maximum absolute atomic E-state index is 11.3. The summed E-state index contributed by atoms with van der Waals surface area (Å²) in [6.07, 6.45) is 1.57. The molecule has 0 atom stereocenters. The zero-order chi connectivity index (χ0) is 14.4. The number of hydroxylamine groups is 1. The summed E-state index contributed by atoms with van der Waals surface area (Å²) in [5.41, 5.74) is 0. The number of nitrogens with zero attached hydrogens (tertiary/aromatic N) is 1. The Labute approximate surface area is 105 Å². The monoisotopic (exact) mass is 303 g/mol. The van der Waals surface area contributed by atoms with Crippen molar-refractivity contribution >= 4 is 26.4 Å². The smallest absolute Gasteiger partial charge is 0.361 e. The number of hydrogen-bond acceptors (Lipinski definition) is 8. The summed E-state index contributed by atoms with van der Waals surface area (Å²) in [4.78, 5) is 10.6. The van der Waals surface area contributed by atoms with Crippen molar-refractivity contribution in [1.82, 2.24) is 4.47 Å². The van der Waals surface area contributed by atoms with Gasteiger partial charge in [0.05, 0.1) is 6.26 Å². The minimum absolute atomic E-state index is 0.0393. The molecule has 0 spiro atoms. The van der Waals surface area contributed by atoms with E-state index >= 15 is 0 Å². The molecule has 0 N–H and O–H groups in total. The normalized spacial score (nSPS) is 12.4. The molecular weight excluding hydrogens is 290 g/mol. The lowest BCUT2D eigenvalue weighted by Crippen LogP contribution is -2.32. The average Bonchev–Trinajstić information content (AvgIpc) is 2.21. The van der Waals surface area contributed by atoms with Crippen molar-refractivity contribution in [3.05, 3.63) is 12.7 Å². The van der Waals surface area contributed by atoms with Crippen LogP contribution in [0.25, 0.3) is 0 Å². The third-order valence-electron chi connectivity index (χ3n) is 1.28. The highest BCUT2D eigenvalue weighted by Crippen LogP contribution is 2.04. The van der Waals surface area contributed by atoms with E-state index in [1.54, 1.807) is 0 Å². The van der Waals surface area contributed by atoms with Gasteiger partial charge in [-0.15, -0.1) is 0 Å². The maximum Gasteiger partial charge on any atom is 0.361 e. The van der Waals surface area contributed by atoms with Gasteiger partial charge >= 0.3 is 16.3 Å². The molecular formula is C7H13NO8S2. The molecule has 0 rings (SSSR count). The number of esters is 1. The fourth-order valence-electron chi connectivity index (χ4n) is 0.643. The summed E-state index contributed by atoms with van der Waals surface area (Å²) in [7, 11) is -7.53. The average molecular weight is 303 g/mol. The SMILES string of the molecule is C=CC(=O)OCCOS(=O)(=O)N(C)OS(C)(=O)=O. The number of ether oxygens (including phenoxy) is 1. The molecule has 0 saturated heterocycles. The van der Waals surface area contributed by atoms with Gasteiger partial charge in [0, 0.05) is 13.1 Å². The van der Waals surface area contributed by atoms with Gasteiger partial charge in [0.15, 0.2) is 0 Å². The van der Waals surface area contributed by atoms with Crippen molar-refractivity contribution in [2.24, 2.45) is 0 Å². The van der Waals surface area contributed by atoms with Crippen molar-refractivity contribution in [3.8, 4) is 0 Å². The van der Waals surface area contributed by atoms with Crippen molar-refractivity contribution in [2.45, 2.75) is 0 Å². The number of carbonyl (C=O) groups excluding carboxylic acids is 1. The Hall–Kier alpha value is -1.01. The Bertz CT molecular complexity index is 494. The van der Waals surface area contributed by atoms with E-state index in [4.69, 9.17) is 0 Å². The van der Waals surface area contributed by atoms with Crippen LogP contribution in [0.4, 0.5) is 0 Å². The van der Waals surface area contributed by atoms with Crippen LogP contribution in [0.2, 0.25) is 0 Å². The highest BCUT2D eigenvalue weighted by atomic mass is 32.2. The first-order chi connectivity index (χ1) is 8.08. The van der Waals surface area contributed by atoms with E-state index in [1.807, 2.05) is 0 Å². The van der Waals surface area contributed by atoms with E-state index in [0.29, 0.717) is 6.26 Å². The number of carbonyl (C=O) groups is 1. The lowest BCUT2D eigenvalue weighted by atomic mass is 10.6. The first-order valence-electron chi connectivity index (χ1n) is 4.40. The largest absolute Gasteiger partial charge is 0.460 e. The quantitative estimate of drug-likeness (QED) is 0.237. The summed E-state index contributed by atoms with van der Waals surface area (Å²) in [5.74, 6) is -0.739. The number of rotatable bonds is 8. The molecule has 0 heterocycles. The van der Waals surface area contributed by atoms with Crippen LogP contribution in [0.3, 0.4) is 0 Å². The Morgan fingerprint density at radius 1 is 1.28 bits per heavy atom. The Morgan fingerprint density at radius 3 is 2.28 bits per heavy atom. The van der Waals surface area contributed by atoms with Gasteiger partial charge in [-0.05, 0) is 4.47 Å². The van der Waals surface area contributed by atoms with Gasteiger partial charge in [0.25, 0.3) is 10.1 Å². The summed E-state index contributed by atoms with van der Waals surface area (Å²) in [6, 6.07) is 0. The third kappa shape index (κ3) is 7.34. The molecule has 106 valence electrons. The molecule has 0 aromatic rings. The van der Waals surface area contributed by atoms with E-state index in [9.17, 15) is 21.6 Å². The Balaban J connectivity index is 4.24. The first-order valence-corrected chi connectivity index (χ1v) is 7.58. The van der Waals surface area contributed by atoms with Crippen LogP contribution < -0.4 is 0 Å². The van der Waals surface area contributed by atoms with E-state index in [1.165, 1.54) is 0 Å². The molecule has 0 aliphatic carbocycles. The van der Waals surface area contributed by atoms with Crippen molar-refractivity contribution in [1.29, 1.82) is 0 Å². The van der Waals surface area contributed by atoms with Crippen molar-refractivity contribution in [2.75, 3.05) is 26.5 Å². The topological polar surface area (TPSA) is 116 Å². The highest BCUT2D eigenvalue weighted by Gasteiger charge is 2.23. The predicted molar refractivity (Wildman–Crippen MR) is 59.7 cm³/mol. The lowest BCUT2D eigenvalue weighted by Gasteiger charge is -2.14. The van der Waals surface area contributed by atoms with Crippen LogP contribution in [-0.4, -0.2) is 53.8 Å². The predicted octanol–water partition coefficient (Wildman–Crippen LogP) is -1.20. The van der Waals surface area contributed by atoms with Crippen LogP contribution >= 0.6 is 0 Å². The molecule has 0 saturated carbocycles. The fraction of sp³-hybridized carbons (Fsp3) is 0.571. The van der Waals surface area contributed by atoms with Crippen molar-refractivity contribution in [3.63, 3.8) is 0 Å². The molecule has 18 heavy (non-hydrogen) atoms. The zero-order valence-corrected chi connectivity index (χ0v) is 11.4. The molecule has 0 radical (unpaired) electrons. The van der Waals surface area contributed by atoms with E-state index in [0.717, 1.165) is 13.1 Å². The van der Waals surface area contributed by atoms with Crippen LogP contribution in [-0.2, 0) is 38.4 Å². The molecule has 0 aliphatic heterocycles. The number of hydrogen-bond donors (Lipinski definition) is 0. The maximum atomic E-state index is 11.3. The summed E-state index contributed by atoms with van der Waals surface area (Å²) >= 11 is 0. The molecule has 0 amide bonds. The second-order valence-corrected chi connectivity index (χ2v) is 6.00. The van der Waals surface area contributed by atoms with Gasteiger partial charge in [0.1, 0.15) is 13.2 Å². The third-order valence-corrected chi connectivity index (χ3v) is 3.04. The molecule has 0 bridgehead atoms. The van der Waals surface area contributed by atoms with Gasteiger partial charge in [-0.25, -0.2) is 4.79 Å². The van der Waals surface area contributed by atoms with Gasteiger partial charge in [0.2, 0.25) is 0 Å². The molecule has 0 unspecified atom stereocenters. The minimum Gasteiger partial charge on any atom is -0.460 e. The standard InChI is InChI=1S/C7H13NO8S2/c1-4-7(9)14-5-6-15-18(12,13)8(2)16-17(3,10)11/h4H,1,5-6H2,2-3H3. The first kappa shape index (κ1) is 17.0. The van der Waals surface area contributed by atoms with E-state index in [-0.39, 0.29) is 11.1 Å². The summed E-state index contributed by atoms with van der Waals surface area (Å²) < 4.78 is 56.8. The minimum atomic E-state index is -4.38. The van der Waals surface area contributed by atoms with Gasteiger partial charge in [-0.3, -0.25) is 4.18 Å².